The third-order valence-electron chi connectivity index (χ3n) is 2.85. The van der Waals surface area contributed by atoms with Crippen LogP contribution in [0.15, 0.2) is 48.5 Å². The number of phenolic OH excluding ortho intramolecular Hbond substituents is 2. The minimum absolute atomic E-state index is 0.0763. The van der Waals surface area contributed by atoms with Gasteiger partial charge < -0.3 is 29.9 Å². The summed E-state index contributed by atoms with van der Waals surface area (Å²) in [6, 6.07) is 10.4. The van der Waals surface area contributed by atoms with Crippen LogP contribution < -0.4 is 9.47 Å². The molecular formula is C16H14O8. The summed E-state index contributed by atoms with van der Waals surface area (Å²) in [4.78, 5) is 23.4. The summed E-state index contributed by atoms with van der Waals surface area (Å²) in [7, 11) is 0. The van der Waals surface area contributed by atoms with E-state index >= 15 is 0 Å². The number of rotatable bonds is 5. The van der Waals surface area contributed by atoms with Crippen molar-refractivity contribution < 1.29 is 39.5 Å². The highest BCUT2D eigenvalue weighted by Gasteiger charge is 2.33. The molecule has 0 aromatic heterocycles. The highest BCUT2D eigenvalue weighted by atomic mass is 16.6. The zero-order valence-electron chi connectivity index (χ0n) is 12.2. The summed E-state index contributed by atoms with van der Waals surface area (Å²) in [5.74, 6) is -3.10. The van der Waals surface area contributed by atoms with E-state index in [1.165, 1.54) is 36.4 Å². The number of aromatic hydroxyl groups is 2. The van der Waals surface area contributed by atoms with Gasteiger partial charge in [-0.15, -0.1) is 0 Å². The topological polar surface area (TPSA) is 134 Å². The molecule has 2 aromatic rings. The zero-order chi connectivity index (χ0) is 17.7. The quantitative estimate of drug-likeness (QED) is 0.454. The van der Waals surface area contributed by atoms with Gasteiger partial charge in [0.15, 0.2) is 12.2 Å². The standard InChI is InChI=1S/C16H14O8/c17-9-3-1-5-11(7-9)23-15(21)13(19)14(20)16(22)24-12-6-2-4-10(18)8-12/h1-8,13-14,17-20H. The Morgan fingerprint density at radius 1 is 0.750 bits per heavy atom. The molecule has 0 heterocycles. The van der Waals surface area contributed by atoms with E-state index in [9.17, 15) is 30.0 Å². The highest BCUT2D eigenvalue weighted by molar-refractivity contribution is 5.87. The Kier molecular flexibility index (Phi) is 5.35. The minimum Gasteiger partial charge on any atom is -0.508 e. The molecule has 4 N–H and O–H groups in total. The molecule has 0 aliphatic heterocycles. The number of esters is 2. The van der Waals surface area contributed by atoms with Crippen molar-refractivity contribution in [3.05, 3.63) is 48.5 Å². The van der Waals surface area contributed by atoms with Crippen LogP contribution in [-0.4, -0.2) is 44.6 Å². The van der Waals surface area contributed by atoms with E-state index in [1.54, 1.807) is 0 Å². The molecule has 8 nitrogen and oxygen atoms in total. The molecule has 2 unspecified atom stereocenters. The van der Waals surface area contributed by atoms with Gasteiger partial charge in [0.25, 0.3) is 0 Å². The molecule has 0 spiro atoms. The predicted octanol–water partition coefficient (Wildman–Crippen LogP) is 0.331. The number of carbonyl (C=O) groups excluding carboxylic acids is 2. The van der Waals surface area contributed by atoms with E-state index in [-0.39, 0.29) is 23.0 Å². The molecule has 2 aromatic carbocycles. The van der Waals surface area contributed by atoms with Crippen LogP contribution in [-0.2, 0) is 9.59 Å². The Hall–Kier alpha value is -3.10. The lowest BCUT2D eigenvalue weighted by molar-refractivity contribution is -0.162. The summed E-state index contributed by atoms with van der Waals surface area (Å²) in [5, 5.41) is 37.9. The number of carbonyl (C=O) groups is 2. The van der Waals surface area contributed by atoms with Crippen LogP contribution in [0.4, 0.5) is 0 Å². The van der Waals surface area contributed by atoms with Crippen molar-refractivity contribution in [3.8, 4) is 23.0 Å². The van der Waals surface area contributed by atoms with E-state index in [0.717, 1.165) is 12.1 Å². The van der Waals surface area contributed by atoms with Gasteiger partial charge in [-0.05, 0) is 24.3 Å². The molecule has 126 valence electrons. The third kappa shape index (κ3) is 4.45. The Morgan fingerprint density at radius 3 is 1.46 bits per heavy atom. The molecule has 2 atom stereocenters. The van der Waals surface area contributed by atoms with E-state index in [0.29, 0.717) is 0 Å². The van der Waals surface area contributed by atoms with Gasteiger partial charge in [-0.2, -0.15) is 0 Å². The van der Waals surface area contributed by atoms with Crippen molar-refractivity contribution in [2.75, 3.05) is 0 Å². The number of benzene rings is 2. The molecule has 24 heavy (non-hydrogen) atoms. The van der Waals surface area contributed by atoms with Crippen molar-refractivity contribution in [2.24, 2.45) is 0 Å². The summed E-state index contributed by atoms with van der Waals surface area (Å²) < 4.78 is 9.48. The minimum atomic E-state index is -2.20. The van der Waals surface area contributed by atoms with Crippen molar-refractivity contribution >= 4 is 11.9 Å². The van der Waals surface area contributed by atoms with Crippen molar-refractivity contribution in [2.45, 2.75) is 12.2 Å². The fourth-order valence-electron chi connectivity index (χ4n) is 1.70. The van der Waals surface area contributed by atoms with Crippen LogP contribution >= 0.6 is 0 Å². The Balaban J connectivity index is 1.98. The average Bonchev–Trinajstić information content (AvgIpc) is 2.53. The molecule has 2 rings (SSSR count). The number of aliphatic hydroxyl groups excluding tert-OH is 2. The van der Waals surface area contributed by atoms with E-state index in [1.807, 2.05) is 0 Å². The number of ether oxygens (including phenoxy) is 2. The van der Waals surface area contributed by atoms with Gasteiger partial charge in [-0.1, -0.05) is 12.1 Å². The molecular weight excluding hydrogens is 320 g/mol. The molecule has 0 aliphatic rings. The molecule has 0 aliphatic carbocycles. The van der Waals surface area contributed by atoms with Gasteiger partial charge >= 0.3 is 11.9 Å². The lowest BCUT2D eigenvalue weighted by atomic mass is 10.2. The van der Waals surface area contributed by atoms with Crippen LogP contribution in [0.5, 0.6) is 23.0 Å². The smallest absolute Gasteiger partial charge is 0.343 e. The molecule has 0 radical (unpaired) electrons. The van der Waals surface area contributed by atoms with Crippen molar-refractivity contribution in [1.82, 2.24) is 0 Å². The summed E-state index contributed by atoms with van der Waals surface area (Å²) >= 11 is 0. The van der Waals surface area contributed by atoms with Gasteiger partial charge in [0.1, 0.15) is 23.0 Å². The maximum absolute atomic E-state index is 11.7. The van der Waals surface area contributed by atoms with E-state index < -0.39 is 24.1 Å². The van der Waals surface area contributed by atoms with Crippen LogP contribution in [0.1, 0.15) is 0 Å². The first-order valence-corrected chi connectivity index (χ1v) is 6.74. The third-order valence-corrected chi connectivity index (χ3v) is 2.85. The first-order chi connectivity index (χ1) is 11.4. The Labute approximate surface area is 136 Å². The Bertz CT molecular complexity index is 679. The van der Waals surface area contributed by atoms with Gasteiger partial charge in [0.2, 0.25) is 0 Å². The Morgan fingerprint density at radius 2 is 1.12 bits per heavy atom. The van der Waals surface area contributed by atoms with Gasteiger partial charge in [-0.25, -0.2) is 9.59 Å². The molecule has 0 saturated carbocycles. The molecule has 8 heteroatoms. The van der Waals surface area contributed by atoms with Crippen LogP contribution in [0.2, 0.25) is 0 Å². The predicted molar refractivity (Wildman–Crippen MR) is 79.5 cm³/mol. The fourth-order valence-corrected chi connectivity index (χ4v) is 1.70. The van der Waals surface area contributed by atoms with Crippen LogP contribution in [0.3, 0.4) is 0 Å². The lowest BCUT2D eigenvalue weighted by Gasteiger charge is -2.15. The second-order valence-electron chi connectivity index (χ2n) is 4.73. The fraction of sp³-hybridized carbons (Fsp3) is 0.125. The van der Waals surface area contributed by atoms with Crippen molar-refractivity contribution in [3.63, 3.8) is 0 Å². The molecule has 0 bridgehead atoms. The largest absolute Gasteiger partial charge is 0.508 e. The van der Waals surface area contributed by atoms with E-state index in [4.69, 9.17) is 9.47 Å². The normalized spacial score (nSPS) is 12.9. The van der Waals surface area contributed by atoms with Gasteiger partial charge in [0, 0.05) is 12.1 Å². The first kappa shape index (κ1) is 17.3. The molecule has 0 saturated heterocycles. The number of aliphatic hydroxyl groups is 2. The SMILES string of the molecule is O=C(Oc1cccc(O)c1)C(O)C(O)C(=O)Oc1cccc(O)c1. The van der Waals surface area contributed by atoms with Crippen LogP contribution in [0.25, 0.3) is 0 Å². The van der Waals surface area contributed by atoms with Crippen LogP contribution in [0, 0.1) is 0 Å². The van der Waals surface area contributed by atoms with Crippen molar-refractivity contribution in [1.29, 1.82) is 0 Å². The summed E-state index contributed by atoms with van der Waals surface area (Å²) in [5.41, 5.74) is 0. The molecule has 0 amide bonds. The maximum Gasteiger partial charge on any atom is 0.343 e. The van der Waals surface area contributed by atoms with Gasteiger partial charge in [-0.3, -0.25) is 0 Å². The summed E-state index contributed by atoms with van der Waals surface area (Å²) in [6.45, 7) is 0. The zero-order valence-corrected chi connectivity index (χ0v) is 12.2. The second-order valence-corrected chi connectivity index (χ2v) is 4.73. The second kappa shape index (κ2) is 7.44. The average molecular weight is 334 g/mol. The number of phenols is 2. The monoisotopic (exact) mass is 334 g/mol. The lowest BCUT2D eigenvalue weighted by Crippen LogP contribution is -2.43. The molecule has 0 fully saturated rings. The van der Waals surface area contributed by atoms with Gasteiger partial charge in [0.05, 0.1) is 0 Å². The van der Waals surface area contributed by atoms with E-state index in [2.05, 4.69) is 0 Å². The maximum atomic E-state index is 11.7. The summed E-state index contributed by atoms with van der Waals surface area (Å²) in [6.07, 6.45) is -4.39. The number of hydrogen-bond acceptors (Lipinski definition) is 8. The highest BCUT2D eigenvalue weighted by Crippen LogP contribution is 2.20. The number of hydrogen-bond donors (Lipinski definition) is 4. The first-order valence-electron chi connectivity index (χ1n) is 6.74.